The first-order valence-corrected chi connectivity index (χ1v) is 7.19. The van der Waals surface area contributed by atoms with Gasteiger partial charge in [0.15, 0.2) is 0 Å². The highest BCUT2D eigenvalue weighted by Crippen LogP contribution is 2.28. The van der Waals surface area contributed by atoms with Crippen LogP contribution in [0.15, 0.2) is 0 Å². The van der Waals surface area contributed by atoms with Gasteiger partial charge in [0.1, 0.15) is 6.04 Å². The molecule has 1 saturated carbocycles. The molecule has 0 saturated heterocycles. The molecule has 1 fully saturated rings. The third kappa shape index (κ3) is 4.44. The van der Waals surface area contributed by atoms with Crippen LogP contribution in [0.25, 0.3) is 0 Å². The summed E-state index contributed by atoms with van der Waals surface area (Å²) in [4.78, 5) is 24.7. The first kappa shape index (κ1) is 16.4. The monoisotopic (exact) mass is 280 g/mol. The standard InChI is InChI=1S/C15H24N2O3/c1-4-6-13(14(18)19)16-15(20)17(3)12-9-7-11(5-2)8-10-12/h1,11-13H,5-10H2,2-3H3,(H,16,20)(H,18,19). The molecule has 20 heavy (non-hydrogen) atoms. The lowest BCUT2D eigenvalue weighted by Crippen LogP contribution is -2.50. The lowest BCUT2D eigenvalue weighted by atomic mass is 9.84. The number of carboxylic acid groups (broad SMARTS) is 1. The number of amides is 2. The smallest absolute Gasteiger partial charge is 0.327 e. The van der Waals surface area contributed by atoms with E-state index in [9.17, 15) is 9.59 Å². The van der Waals surface area contributed by atoms with Crippen LogP contribution in [0.4, 0.5) is 4.79 Å². The van der Waals surface area contributed by atoms with Crippen molar-refractivity contribution in [2.75, 3.05) is 7.05 Å². The second-order valence-corrected chi connectivity index (χ2v) is 5.44. The maximum atomic E-state index is 12.1. The number of carbonyl (C=O) groups excluding carboxylic acids is 1. The Hall–Kier alpha value is -1.70. The van der Waals surface area contributed by atoms with E-state index in [0.717, 1.165) is 31.6 Å². The zero-order valence-electron chi connectivity index (χ0n) is 12.3. The van der Waals surface area contributed by atoms with Crippen LogP contribution in [0.5, 0.6) is 0 Å². The van der Waals surface area contributed by atoms with Crippen molar-refractivity contribution in [2.45, 2.75) is 57.5 Å². The molecule has 1 aliphatic carbocycles. The maximum Gasteiger partial charge on any atom is 0.327 e. The van der Waals surface area contributed by atoms with E-state index < -0.39 is 12.0 Å². The topological polar surface area (TPSA) is 69.6 Å². The minimum atomic E-state index is -1.10. The number of carboxylic acids is 1. The average molecular weight is 280 g/mol. The quantitative estimate of drug-likeness (QED) is 0.757. The predicted molar refractivity (Wildman–Crippen MR) is 77.2 cm³/mol. The number of urea groups is 1. The molecule has 1 rings (SSSR count). The number of rotatable bonds is 5. The summed E-state index contributed by atoms with van der Waals surface area (Å²) in [6, 6.07) is -1.17. The van der Waals surface area contributed by atoms with Gasteiger partial charge in [0.05, 0.1) is 0 Å². The van der Waals surface area contributed by atoms with Gasteiger partial charge in [0, 0.05) is 19.5 Å². The summed E-state index contributed by atoms with van der Waals surface area (Å²) >= 11 is 0. The summed E-state index contributed by atoms with van der Waals surface area (Å²) in [5, 5.41) is 11.5. The number of hydrogen-bond donors (Lipinski definition) is 2. The molecule has 1 aliphatic rings. The molecule has 112 valence electrons. The number of terminal acetylenes is 1. The Balaban J connectivity index is 2.50. The minimum absolute atomic E-state index is 0.00249. The highest BCUT2D eigenvalue weighted by atomic mass is 16.4. The second kappa shape index (κ2) is 7.78. The van der Waals surface area contributed by atoms with Gasteiger partial charge in [-0.2, -0.15) is 0 Å². The van der Waals surface area contributed by atoms with E-state index in [1.54, 1.807) is 11.9 Å². The Morgan fingerprint density at radius 3 is 2.45 bits per heavy atom. The first-order valence-electron chi connectivity index (χ1n) is 7.19. The molecular formula is C15H24N2O3. The number of hydrogen-bond acceptors (Lipinski definition) is 2. The van der Waals surface area contributed by atoms with E-state index in [1.807, 2.05) is 0 Å². The van der Waals surface area contributed by atoms with Crippen LogP contribution in [-0.4, -0.2) is 41.1 Å². The minimum Gasteiger partial charge on any atom is -0.480 e. The molecule has 0 aliphatic heterocycles. The van der Waals surface area contributed by atoms with Crippen LogP contribution in [0.3, 0.4) is 0 Å². The average Bonchev–Trinajstić information content (AvgIpc) is 2.45. The van der Waals surface area contributed by atoms with E-state index in [0.29, 0.717) is 0 Å². The number of nitrogens with one attached hydrogen (secondary N) is 1. The van der Waals surface area contributed by atoms with Crippen molar-refractivity contribution in [3.63, 3.8) is 0 Å². The third-order valence-corrected chi connectivity index (χ3v) is 4.18. The van der Waals surface area contributed by atoms with E-state index in [4.69, 9.17) is 11.5 Å². The molecule has 0 heterocycles. The molecule has 2 amide bonds. The van der Waals surface area contributed by atoms with Crippen molar-refractivity contribution >= 4 is 12.0 Å². The summed E-state index contributed by atoms with van der Waals surface area (Å²) in [7, 11) is 1.72. The molecule has 5 heteroatoms. The summed E-state index contributed by atoms with van der Waals surface area (Å²) < 4.78 is 0. The van der Waals surface area contributed by atoms with Gasteiger partial charge in [0.25, 0.3) is 0 Å². The Kier molecular flexibility index (Phi) is 6.37. The van der Waals surface area contributed by atoms with E-state index in [-0.39, 0.29) is 18.5 Å². The molecule has 0 aromatic carbocycles. The fourth-order valence-electron chi connectivity index (χ4n) is 2.68. The normalized spacial score (nSPS) is 23.4. The molecule has 2 N–H and O–H groups in total. The molecule has 0 radical (unpaired) electrons. The number of carbonyl (C=O) groups is 2. The fourth-order valence-corrected chi connectivity index (χ4v) is 2.68. The maximum absolute atomic E-state index is 12.1. The van der Waals surface area contributed by atoms with E-state index in [2.05, 4.69) is 18.2 Å². The lowest BCUT2D eigenvalue weighted by molar-refractivity contribution is -0.139. The van der Waals surface area contributed by atoms with Crippen LogP contribution >= 0.6 is 0 Å². The molecular weight excluding hydrogens is 256 g/mol. The number of aliphatic carboxylic acids is 1. The highest BCUT2D eigenvalue weighted by Gasteiger charge is 2.28. The van der Waals surface area contributed by atoms with Crippen LogP contribution in [0.1, 0.15) is 45.4 Å². The molecule has 1 unspecified atom stereocenters. The summed E-state index contributed by atoms with van der Waals surface area (Å²) in [5.41, 5.74) is 0. The Morgan fingerprint density at radius 1 is 1.40 bits per heavy atom. The van der Waals surface area contributed by atoms with Crippen molar-refractivity contribution in [3.8, 4) is 12.3 Å². The van der Waals surface area contributed by atoms with E-state index >= 15 is 0 Å². The number of nitrogens with zero attached hydrogens (tertiary/aromatic N) is 1. The van der Waals surface area contributed by atoms with Crippen molar-refractivity contribution < 1.29 is 14.7 Å². The molecule has 1 atom stereocenters. The van der Waals surface area contributed by atoms with Crippen LogP contribution in [0.2, 0.25) is 0 Å². The molecule has 5 nitrogen and oxygen atoms in total. The van der Waals surface area contributed by atoms with Crippen molar-refractivity contribution in [2.24, 2.45) is 5.92 Å². The van der Waals surface area contributed by atoms with Crippen molar-refractivity contribution in [1.29, 1.82) is 0 Å². The van der Waals surface area contributed by atoms with Crippen molar-refractivity contribution in [1.82, 2.24) is 10.2 Å². The highest BCUT2D eigenvalue weighted by molar-refractivity contribution is 5.82. The summed E-state index contributed by atoms with van der Waals surface area (Å²) in [6.45, 7) is 2.19. The van der Waals surface area contributed by atoms with Crippen molar-refractivity contribution in [3.05, 3.63) is 0 Å². The summed E-state index contributed by atoms with van der Waals surface area (Å²) in [5.74, 6) is 1.93. The zero-order valence-corrected chi connectivity index (χ0v) is 12.3. The molecule has 0 aromatic heterocycles. The zero-order chi connectivity index (χ0) is 15.1. The Bertz CT molecular complexity index is 381. The third-order valence-electron chi connectivity index (χ3n) is 4.18. The van der Waals surface area contributed by atoms with Crippen LogP contribution < -0.4 is 5.32 Å². The first-order chi connectivity index (χ1) is 9.49. The van der Waals surface area contributed by atoms with E-state index in [1.165, 1.54) is 6.42 Å². The Labute approximate surface area is 120 Å². The van der Waals surface area contributed by atoms with Gasteiger partial charge in [-0.15, -0.1) is 12.3 Å². The Morgan fingerprint density at radius 2 is 2.00 bits per heavy atom. The van der Waals surface area contributed by atoms with Crippen LogP contribution in [0, 0.1) is 18.3 Å². The van der Waals surface area contributed by atoms with Gasteiger partial charge >= 0.3 is 12.0 Å². The fraction of sp³-hybridized carbons (Fsp3) is 0.733. The van der Waals surface area contributed by atoms with Gasteiger partial charge in [-0.05, 0) is 31.6 Å². The van der Waals surface area contributed by atoms with Crippen LogP contribution in [-0.2, 0) is 4.79 Å². The van der Waals surface area contributed by atoms with Gasteiger partial charge in [0.2, 0.25) is 0 Å². The molecule has 0 aromatic rings. The largest absolute Gasteiger partial charge is 0.480 e. The summed E-state index contributed by atoms with van der Waals surface area (Å²) in [6.07, 6.45) is 10.5. The SMILES string of the molecule is C#CCC(NC(=O)N(C)C1CCC(CC)CC1)C(=O)O. The predicted octanol–water partition coefficient (Wildman–Crippen LogP) is 2.07. The molecule has 0 bridgehead atoms. The van der Waals surface area contributed by atoms with Gasteiger partial charge in [-0.25, -0.2) is 9.59 Å². The lowest BCUT2D eigenvalue weighted by Gasteiger charge is -2.34. The van der Waals surface area contributed by atoms with Gasteiger partial charge < -0.3 is 15.3 Å². The van der Waals surface area contributed by atoms with Gasteiger partial charge in [-0.1, -0.05) is 13.3 Å². The molecule has 0 spiro atoms. The second-order valence-electron chi connectivity index (χ2n) is 5.44. The van der Waals surface area contributed by atoms with Gasteiger partial charge in [-0.3, -0.25) is 0 Å².